The Bertz CT molecular complexity index is 548. The highest BCUT2D eigenvalue weighted by molar-refractivity contribution is 5.79. The number of para-hydroxylation sites is 1. The number of amides is 1. The zero-order valence-corrected chi connectivity index (χ0v) is 13.3. The Morgan fingerprint density at radius 2 is 1.96 bits per heavy atom. The molecule has 1 saturated carbocycles. The fraction of sp³-hybridized carbons (Fsp3) is 0.588. The molecule has 0 aliphatic heterocycles. The Morgan fingerprint density at radius 3 is 2.67 bits per heavy atom. The number of phenols is 1. The number of phenolic OH excluding ortho intramolecular Hbond substituents is 1. The number of benzene rings is 1. The first-order chi connectivity index (χ1) is 11.3. The van der Waals surface area contributed by atoms with Gasteiger partial charge in [0.15, 0.2) is 0 Å². The van der Waals surface area contributed by atoms with Crippen molar-refractivity contribution in [3.8, 4) is 5.75 Å². The molecule has 4 nitrogen and oxygen atoms in total. The Balaban J connectivity index is 1.82. The van der Waals surface area contributed by atoms with Gasteiger partial charge in [-0.25, -0.2) is 0 Å². The highest BCUT2D eigenvalue weighted by Gasteiger charge is 2.33. The minimum Gasteiger partial charge on any atom is -0.508 e. The molecule has 1 amide bonds. The van der Waals surface area contributed by atoms with Gasteiger partial charge in [-0.05, 0) is 18.9 Å². The predicted octanol–water partition coefficient (Wildman–Crippen LogP) is 3.19. The third-order valence-electron chi connectivity index (χ3n) is 4.20. The van der Waals surface area contributed by atoms with Crippen molar-refractivity contribution < 1.29 is 27.8 Å². The molecule has 1 fully saturated rings. The van der Waals surface area contributed by atoms with Crippen LogP contribution in [0.5, 0.6) is 5.75 Å². The summed E-state index contributed by atoms with van der Waals surface area (Å²) in [6.07, 6.45) is -1.71. The molecule has 1 aromatic rings. The summed E-state index contributed by atoms with van der Waals surface area (Å²) < 4.78 is 42.0. The van der Waals surface area contributed by atoms with Crippen LogP contribution >= 0.6 is 0 Å². The van der Waals surface area contributed by atoms with E-state index in [1.165, 1.54) is 6.07 Å². The number of halogens is 3. The monoisotopic (exact) mass is 345 g/mol. The molecule has 0 heterocycles. The highest BCUT2D eigenvalue weighted by Crippen LogP contribution is 2.28. The van der Waals surface area contributed by atoms with Crippen LogP contribution in [0.2, 0.25) is 0 Å². The summed E-state index contributed by atoms with van der Waals surface area (Å²) in [4.78, 5) is 12.0. The lowest BCUT2D eigenvalue weighted by Crippen LogP contribution is -2.39. The molecular weight excluding hydrogens is 323 g/mol. The van der Waals surface area contributed by atoms with E-state index in [-0.39, 0.29) is 30.5 Å². The summed E-state index contributed by atoms with van der Waals surface area (Å²) in [7, 11) is 0. The van der Waals surface area contributed by atoms with Crippen LogP contribution in [-0.4, -0.2) is 36.4 Å². The lowest BCUT2D eigenvalue weighted by molar-refractivity contribution is -0.193. The highest BCUT2D eigenvalue weighted by atomic mass is 19.4. The number of rotatable bonds is 6. The van der Waals surface area contributed by atoms with E-state index in [2.05, 4.69) is 5.32 Å². The van der Waals surface area contributed by atoms with E-state index >= 15 is 0 Å². The van der Waals surface area contributed by atoms with Crippen molar-refractivity contribution in [3.63, 3.8) is 0 Å². The van der Waals surface area contributed by atoms with Gasteiger partial charge in [-0.15, -0.1) is 0 Å². The van der Waals surface area contributed by atoms with Crippen LogP contribution in [-0.2, 0) is 16.0 Å². The lowest BCUT2D eigenvalue weighted by Gasteiger charge is -2.32. The van der Waals surface area contributed by atoms with Gasteiger partial charge in [-0.2, -0.15) is 13.2 Å². The molecule has 0 bridgehead atoms. The van der Waals surface area contributed by atoms with Crippen molar-refractivity contribution in [2.75, 3.05) is 13.2 Å². The maximum atomic E-state index is 12.3. The van der Waals surface area contributed by atoms with Crippen LogP contribution in [0.1, 0.15) is 31.2 Å². The fourth-order valence-corrected chi connectivity index (χ4v) is 2.97. The number of hydrogen-bond donors (Lipinski definition) is 2. The zero-order valence-electron chi connectivity index (χ0n) is 13.3. The smallest absolute Gasteiger partial charge is 0.411 e. The molecule has 0 saturated heterocycles. The number of alkyl halides is 3. The molecule has 7 heteroatoms. The number of hydrogen-bond acceptors (Lipinski definition) is 3. The van der Waals surface area contributed by atoms with Gasteiger partial charge < -0.3 is 15.2 Å². The van der Waals surface area contributed by atoms with Crippen molar-refractivity contribution >= 4 is 5.91 Å². The maximum Gasteiger partial charge on any atom is 0.411 e. The van der Waals surface area contributed by atoms with Gasteiger partial charge in [0.1, 0.15) is 12.4 Å². The third-order valence-corrected chi connectivity index (χ3v) is 4.20. The first-order valence-corrected chi connectivity index (χ1v) is 8.07. The molecule has 24 heavy (non-hydrogen) atoms. The molecular formula is C17H22F3NO3. The molecule has 0 spiro atoms. The van der Waals surface area contributed by atoms with Crippen LogP contribution in [0.15, 0.2) is 24.3 Å². The van der Waals surface area contributed by atoms with E-state index in [0.717, 1.165) is 19.3 Å². The molecule has 2 unspecified atom stereocenters. The summed E-state index contributed by atoms with van der Waals surface area (Å²) >= 11 is 0. The minimum absolute atomic E-state index is 0.0352. The van der Waals surface area contributed by atoms with Crippen molar-refractivity contribution in [1.82, 2.24) is 5.32 Å². The molecule has 134 valence electrons. The average Bonchev–Trinajstić information content (AvgIpc) is 2.53. The van der Waals surface area contributed by atoms with E-state index in [1.54, 1.807) is 18.2 Å². The SMILES string of the molecule is O=C(Cc1ccccc1O)NCC1CCCCC1OCC(F)(F)F. The summed E-state index contributed by atoms with van der Waals surface area (Å²) in [5.74, 6) is -0.331. The molecule has 2 atom stereocenters. The summed E-state index contributed by atoms with van der Waals surface area (Å²) in [6.45, 7) is -0.963. The van der Waals surface area contributed by atoms with Gasteiger partial charge in [0.25, 0.3) is 0 Å². The van der Waals surface area contributed by atoms with Gasteiger partial charge in [0.05, 0.1) is 12.5 Å². The van der Waals surface area contributed by atoms with Gasteiger partial charge in [0, 0.05) is 18.0 Å². The number of ether oxygens (including phenoxy) is 1. The number of aromatic hydroxyl groups is 1. The third kappa shape index (κ3) is 6.03. The summed E-state index contributed by atoms with van der Waals surface area (Å²) in [5, 5.41) is 12.4. The van der Waals surface area contributed by atoms with Crippen LogP contribution in [0.3, 0.4) is 0 Å². The first kappa shape index (κ1) is 18.6. The molecule has 1 aliphatic rings. The lowest BCUT2D eigenvalue weighted by atomic mass is 9.86. The Kier molecular flexibility index (Phi) is 6.48. The topological polar surface area (TPSA) is 58.6 Å². The van der Waals surface area contributed by atoms with Crippen molar-refractivity contribution in [2.45, 2.75) is 44.4 Å². The molecule has 0 radical (unpaired) electrons. The average molecular weight is 345 g/mol. The second-order valence-corrected chi connectivity index (χ2v) is 6.12. The Hall–Kier alpha value is -1.76. The predicted molar refractivity (Wildman–Crippen MR) is 82.6 cm³/mol. The van der Waals surface area contributed by atoms with E-state index in [4.69, 9.17) is 4.74 Å². The van der Waals surface area contributed by atoms with Gasteiger partial charge in [-0.3, -0.25) is 4.79 Å². The van der Waals surface area contributed by atoms with E-state index in [0.29, 0.717) is 12.0 Å². The molecule has 2 rings (SSSR count). The van der Waals surface area contributed by atoms with Crippen molar-refractivity contribution in [2.24, 2.45) is 5.92 Å². The molecule has 0 aromatic heterocycles. The van der Waals surface area contributed by atoms with Crippen molar-refractivity contribution in [3.05, 3.63) is 29.8 Å². The largest absolute Gasteiger partial charge is 0.508 e. The normalized spacial score (nSPS) is 21.5. The quantitative estimate of drug-likeness (QED) is 0.832. The molecule has 1 aromatic carbocycles. The van der Waals surface area contributed by atoms with E-state index < -0.39 is 18.9 Å². The Labute approximate surface area is 139 Å². The van der Waals surface area contributed by atoms with Gasteiger partial charge in [0.2, 0.25) is 5.91 Å². The van der Waals surface area contributed by atoms with Crippen molar-refractivity contribution in [1.29, 1.82) is 0 Å². The standard InChI is InChI=1S/C17H22F3NO3/c18-17(19,20)11-24-15-8-4-2-6-13(15)10-21-16(23)9-12-5-1-3-7-14(12)22/h1,3,5,7,13,15,22H,2,4,6,8-11H2,(H,21,23). The van der Waals surface area contributed by atoms with Crippen LogP contribution in [0.25, 0.3) is 0 Å². The van der Waals surface area contributed by atoms with Crippen LogP contribution < -0.4 is 5.32 Å². The number of carbonyl (C=O) groups is 1. The second kappa shape index (κ2) is 8.37. The fourth-order valence-electron chi connectivity index (χ4n) is 2.97. The summed E-state index contributed by atoms with van der Waals surface area (Å²) in [5.41, 5.74) is 0.517. The molecule has 2 N–H and O–H groups in total. The minimum atomic E-state index is -4.34. The zero-order chi connectivity index (χ0) is 17.6. The van der Waals surface area contributed by atoms with Gasteiger partial charge >= 0.3 is 6.18 Å². The Morgan fingerprint density at radius 1 is 1.25 bits per heavy atom. The first-order valence-electron chi connectivity index (χ1n) is 8.07. The van der Waals surface area contributed by atoms with E-state index in [1.807, 2.05) is 0 Å². The maximum absolute atomic E-state index is 12.3. The van der Waals surface area contributed by atoms with Crippen LogP contribution in [0.4, 0.5) is 13.2 Å². The van der Waals surface area contributed by atoms with Crippen LogP contribution in [0, 0.1) is 5.92 Å². The van der Waals surface area contributed by atoms with Gasteiger partial charge in [-0.1, -0.05) is 31.0 Å². The molecule has 1 aliphatic carbocycles. The van der Waals surface area contributed by atoms with E-state index in [9.17, 15) is 23.1 Å². The number of carbonyl (C=O) groups excluding carboxylic acids is 1. The second-order valence-electron chi connectivity index (χ2n) is 6.12. The summed E-state index contributed by atoms with van der Waals surface area (Å²) in [6, 6.07) is 6.56. The number of nitrogens with one attached hydrogen (secondary N) is 1.